The van der Waals surface area contributed by atoms with Gasteiger partial charge in [-0.15, -0.1) is 0 Å². The minimum absolute atomic E-state index is 0.155. The Morgan fingerprint density at radius 1 is 1.28 bits per heavy atom. The van der Waals surface area contributed by atoms with Gasteiger partial charge in [-0.3, -0.25) is 4.79 Å². The lowest BCUT2D eigenvalue weighted by Gasteiger charge is -2.24. The van der Waals surface area contributed by atoms with Crippen LogP contribution in [0.1, 0.15) is 12.8 Å². The van der Waals surface area contributed by atoms with Crippen LogP contribution in [0, 0.1) is 0 Å². The lowest BCUT2D eigenvalue weighted by atomic mass is 10.1. The Balaban J connectivity index is 2.14. The molecule has 0 aromatic heterocycles. The topological polar surface area (TPSA) is 75.3 Å². The van der Waals surface area contributed by atoms with Crippen molar-refractivity contribution in [3.8, 4) is 0 Å². The predicted molar refractivity (Wildman–Crippen MR) is 67.1 cm³/mol. The van der Waals surface area contributed by atoms with Gasteiger partial charge >= 0.3 is 0 Å². The van der Waals surface area contributed by atoms with Gasteiger partial charge in [-0.1, -0.05) is 24.8 Å². The summed E-state index contributed by atoms with van der Waals surface area (Å²) in [6.07, 6.45) is 1.00. The standard InChI is InChI=1S/C12H14N2O3S/c1-9-7-8-11(12(15)13-9)14-18(16,17)10-5-3-2-4-6-10/h2-6,11,14H,1,7-8H2,(H,13,15). The molecular formula is C12H14N2O3S. The van der Waals surface area contributed by atoms with Crippen LogP contribution in [0.3, 0.4) is 0 Å². The zero-order chi connectivity index (χ0) is 13.2. The van der Waals surface area contributed by atoms with E-state index in [0.29, 0.717) is 18.5 Å². The van der Waals surface area contributed by atoms with Crippen molar-refractivity contribution in [2.45, 2.75) is 23.8 Å². The molecular weight excluding hydrogens is 252 g/mol. The van der Waals surface area contributed by atoms with Crippen LogP contribution < -0.4 is 10.0 Å². The molecule has 1 unspecified atom stereocenters. The van der Waals surface area contributed by atoms with Gasteiger partial charge in [0.2, 0.25) is 15.9 Å². The molecule has 1 aromatic carbocycles. The second-order valence-electron chi connectivity index (χ2n) is 4.12. The molecule has 0 bridgehead atoms. The van der Waals surface area contributed by atoms with E-state index in [9.17, 15) is 13.2 Å². The molecule has 1 aliphatic rings. The molecule has 1 amide bonds. The van der Waals surface area contributed by atoms with Crippen molar-refractivity contribution < 1.29 is 13.2 Å². The first kappa shape index (κ1) is 12.8. The molecule has 0 radical (unpaired) electrons. The molecule has 18 heavy (non-hydrogen) atoms. The maximum atomic E-state index is 12.0. The molecule has 2 N–H and O–H groups in total. The fourth-order valence-corrected chi connectivity index (χ4v) is 2.99. The van der Waals surface area contributed by atoms with Crippen LogP contribution in [-0.4, -0.2) is 20.4 Å². The summed E-state index contributed by atoms with van der Waals surface area (Å²) in [5.74, 6) is -0.356. The van der Waals surface area contributed by atoms with Crippen molar-refractivity contribution in [3.63, 3.8) is 0 Å². The summed E-state index contributed by atoms with van der Waals surface area (Å²) in [5.41, 5.74) is 0.621. The molecule has 0 spiro atoms. The number of benzene rings is 1. The van der Waals surface area contributed by atoms with Gasteiger partial charge in [0.25, 0.3) is 0 Å². The first-order valence-corrected chi connectivity index (χ1v) is 7.03. The van der Waals surface area contributed by atoms with E-state index in [1.54, 1.807) is 18.2 Å². The average molecular weight is 266 g/mol. The minimum atomic E-state index is -3.65. The second kappa shape index (κ2) is 4.91. The van der Waals surface area contributed by atoms with Crippen molar-refractivity contribution in [2.75, 3.05) is 0 Å². The van der Waals surface area contributed by atoms with Crippen LogP contribution in [0.5, 0.6) is 0 Å². The number of rotatable bonds is 3. The fourth-order valence-electron chi connectivity index (χ4n) is 1.74. The van der Waals surface area contributed by atoms with E-state index in [0.717, 1.165) is 0 Å². The number of hydrogen-bond acceptors (Lipinski definition) is 3. The van der Waals surface area contributed by atoms with Gasteiger partial charge in [0.05, 0.1) is 4.90 Å². The molecule has 1 fully saturated rings. The predicted octanol–water partition coefficient (Wildman–Crippen LogP) is 0.757. The molecule has 5 nitrogen and oxygen atoms in total. The largest absolute Gasteiger partial charge is 0.329 e. The van der Waals surface area contributed by atoms with Gasteiger partial charge in [-0.2, -0.15) is 4.72 Å². The van der Waals surface area contributed by atoms with Gasteiger partial charge in [-0.25, -0.2) is 8.42 Å². The summed E-state index contributed by atoms with van der Waals surface area (Å²) in [6.45, 7) is 3.64. The summed E-state index contributed by atoms with van der Waals surface area (Å²) in [7, 11) is -3.65. The van der Waals surface area contributed by atoms with Gasteiger partial charge < -0.3 is 5.32 Å². The lowest BCUT2D eigenvalue weighted by molar-refractivity contribution is -0.123. The van der Waals surface area contributed by atoms with E-state index in [-0.39, 0.29) is 10.8 Å². The highest BCUT2D eigenvalue weighted by atomic mass is 32.2. The SMILES string of the molecule is C=C1CCC(NS(=O)(=O)c2ccccc2)C(=O)N1. The first-order valence-electron chi connectivity index (χ1n) is 5.55. The van der Waals surface area contributed by atoms with Crippen LogP contribution in [0.15, 0.2) is 47.5 Å². The Bertz CT molecular complexity index is 566. The maximum Gasteiger partial charge on any atom is 0.242 e. The molecule has 0 aliphatic carbocycles. The van der Waals surface area contributed by atoms with Crippen molar-refractivity contribution >= 4 is 15.9 Å². The number of hydrogen-bond donors (Lipinski definition) is 2. The number of piperidine rings is 1. The zero-order valence-corrected chi connectivity index (χ0v) is 10.5. The van der Waals surface area contributed by atoms with Crippen LogP contribution >= 0.6 is 0 Å². The molecule has 1 saturated heterocycles. The third kappa shape index (κ3) is 2.77. The number of nitrogens with one attached hydrogen (secondary N) is 2. The van der Waals surface area contributed by atoms with Crippen molar-refractivity contribution in [1.82, 2.24) is 10.0 Å². The molecule has 0 saturated carbocycles. The molecule has 2 rings (SSSR count). The summed E-state index contributed by atoms with van der Waals surface area (Å²) in [4.78, 5) is 11.8. The number of carbonyl (C=O) groups excluding carboxylic acids is 1. The quantitative estimate of drug-likeness (QED) is 0.848. The van der Waals surface area contributed by atoms with E-state index in [1.165, 1.54) is 12.1 Å². The van der Waals surface area contributed by atoms with E-state index in [1.807, 2.05) is 0 Å². The highest BCUT2D eigenvalue weighted by Crippen LogP contribution is 2.14. The highest BCUT2D eigenvalue weighted by molar-refractivity contribution is 7.89. The van der Waals surface area contributed by atoms with Crippen LogP contribution in [-0.2, 0) is 14.8 Å². The molecule has 6 heteroatoms. The number of carbonyl (C=O) groups is 1. The Labute approximate surface area is 106 Å². The number of allylic oxidation sites excluding steroid dienone is 1. The van der Waals surface area contributed by atoms with Gasteiger partial charge in [0, 0.05) is 5.70 Å². The summed E-state index contributed by atoms with van der Waals surface area (Å²) < 4.78 is 26.4. The molecule has 96 valence electrons. The van der Waals surface area contributed by atoms with E-state index < -0.39 is 16.1 Å². The number of amides is 1. The van der Waals surface area contributed by atoms with Crippen LogP contribution in [0.4, 0.5) is 0 Å². The Morgan fingerprint density at radius 3 is 2.56 bits per heavy atom. The van der Waals surface area contributed by atoms with E-state index in [4.69, 9.17) is 0 Å². The van der Waals surface area contributed by atoms with Crippen molar-refractivity contribution in [1.29, 1.82) is 0 Å². The van der Waals surface area contributed by atoms with Crippen molar-refractivity contribution in [2.24, 2.45) is 0 Å². The Morgan fingerprint density at radius 2 is 1.94 bits per heavy atom. The lowest BCUT2D eigenvalue weighted by Crippen LogP contribution is -2.49. The third-order valence-electron chi connectivity index (χ3n) is 2.70. The van der Waals surface area contributed by atoms with Crippen LogP contribution in [0.2, 0.25) is 0 Å². The summed E-state index contributed by atoms with van der Waals surface area (Å²) in [6, 6.07) is 7.25. The maximum absolute atomic E-state index is 12.0. The van der Waals surface area contributed by atoms with Gasteiger partial charge in [0.1, 0.15) is 6.04 Å². The highest BCUT2D eigenvalue weighted by Gasteiger charge is 2.28. The molecule has 1 aromatic rings. The van der Waals surface area contributed by atoms with E-state index in [2.05, 4.69) is 16.6 Å². The number of sulfonamides is 1. The Kier molecular flexibility index (Phi) is 3.49. The van der Waals surface area contributed by atoms with Gasteiger partial charge in [-0.05, 0) is 25.0 Å². The second-order valence-corrected chi connectivity index (χ2v) is 5.83. The molecule has 1 atom stereocenters. The summed E-state index contributed by atoms with van der Waals surface area (Å²) >= 11 is 0. The minimum Gasteiger partial charge on any atom is -0.329 e. The fraction of sp³-hybridized carbons (Fsp3) is 0.250. The third-order valence-corrected chi connectivity index (χ3v) is 4.19. The van der Waals surface area contributed by atoms with Crippen LogP contribution in [0.25, 0.3) is 0 Å². The summed E-state index contributed by atoms with van der Waals surface area (Å²) in [5, 5.41) is 2.54. The smallest absolute Gasteiger partial charge is 0.242 e. The van der Waals surface area contributed by atoms with Gasteiger partial charge in [0.15, 0.2) is 0 Å². The molecule has 1 heterocycles. The zero-order valence-electron chi connectivity index (χ0n) is 9.72. The average Bonchev–Trinajstić information content (AvgIpc) is 2.34. The Hall–Kier alpha value is -1.66. The normalized spacial score (nSPS) is 20.6. The first-order chi connectivity index (χ1) is 8.49. The monoisotopic (exact) mass is 266 g/mol. The molecule has 1 aliphatic heterocycles. The van der Waals surface area contributed by atoms with Crippen molar-refractivity contribution in [3.05, 3.63) is 42.6 Å². The van der Waals surface area contributed by atoms with E-state index >= 15 is 0 Å².